The lowest BCUT2D eigenvalue weighted by Crippen LogP contribution is -2.34. The SMILES string of the molecule is Cc1ccc(C(NS(=O)(=O)C2=NCc3ncccc32)c2ccc(O)cc2)cc1. The first-order valence-corrected chi connectivity index (χ1v) is 10.3. The Hall–Kier alpha value is -3.03. The van der Waals surface area contributed by atoms with Crippen LogP contribution in [0, 0.1) is 6.92 Å². The fraction of sp³-hybridized carbons (Fsp3) is 0.143. The van der Waals surface area contributed by atoms with Gasteiger partial charge in [-0.25, -0.2) is 8.42 Å². The van der Waals surface area contributed by atoms with Crippen LogP contribution >= 0.6 is 0 Å². The molecule has 2 heterocycles. The van der Waals surface area contributed by atoms with Crippen LogP contribution in [0.2, 0.25) is 0 Å². The second-order valence-electron chi connectivity index (χ2n) is 6.68. The molecule has 1 aliphatic heterocycles. The number of phenols is 1. The van der Waals surface area contributed by atoms with Crippen LogP contribution < -0.4 is 4.72 Å². The van der Waals surface area contributed by atoms with E-state index in [9.17, 15) is 13.5 Å². The van der Waals surface area contributed by atoms with E-state index < -0.39 is 16.1 Å². The van der Waals surface area contributed by atoms with Gasteiger partial charge >= 0.3 is 0 Å². The van der Waals surface area contributed by atoms with Crippen molar-refractivity contribution in [1.29, 1.82) is 0 Å². The maximum Gasteiger partial charge on any atom is 0.259 e. The van der Waals surface area contributed by atoms with Gasteiger partial charge in [0, 0.05) is 11.8 Å². The first-order chi connectivity index (χ1) is 13.4. The molecule has 0 radical (unpaired) electrons. The first-order valence-electron chi connectivity index (χ1n) is 8.80. The average Bonchev–Trinajstić information content (AvgIpc) is 3.13. The molecule has 6 nitrogen and oxygen atoms in total. The smallest absolute Gasteiger partial charge is 0.259 e. The Labute approximate surface area is 163 Å². The third-order valence-electron chi connectivity index (χ3n) is 4.66. The van der Waals surface area contributed by atoms with Crippen molar-refractivity contribution in [1.82, 2.24) is 9.71 Å². The third-order valence-corrected chi connectivity index (χ3v) is 6.06. The van der Waals surface area contributed by atoms with Crippen molar-refractivity contribution in [3.8, 4) is 5.75 Å². The van der Waals surface area contributed by atoms with Gasteiger partial charge in [-0.3, -0.25) is 9.98 Å². The normalized spacial score (nSPS) is 14.4. The fourth-order valence-corrected chi connectivity index (χ4v) is 4.59. The van der Waals surface area contributed by atoms with Gasteiger partial charge in [0.1, 0.15) is 5.75 Å². The monoisotopic (exact) mass is 393 g/mol. The highest BCUT2D eigenvalue weighted by atomic mass is 32.2. The molecule has 1 aromatic heterocycles. The number of rotatable bonds is 4. The molecule has 0 saturated carbocycles. The summed E-state index contributed by atoms with van der Waals surface area (Å²) >= 11 is 0. The molecule has 0 fully saturated rings. The number of benzene rings is 2. The Morgan fingerprint density at radius 1 is 1.00 bits per heavy atom. The number of aromatic hydroxyl groups is 1. The van der Waals surface area contributed by atoms with Crippen molar-refractivity contribution in [3.05, 3.63) is 94.8 Å². The predicted molar refractivity (Wildman–Crippen MR) is 108 cm³/mol. The largest absolute Gasteiger partial charge is 0.508 e. The van der Waals surface area contributed by atoms with E-state index in [-0.39, 0.29) is 17.3 Å². The lowest BCUT2D eigenvalue weighted by atomic mass is 9.99. The van der Waals surface area contributed by atoms with Gasteiger partial charge in [-0.2, -0.15) is 4.72 Å². The Kier molecular flexibility index (Phi) is 4.70. The molecule has 0 bridgehead atoms. The second-order valence-corrected chi connectivity index (χ2v) is 8.30. The number of aromatic nitrogens is 1. The minimum absolute atomic E-state index is 0.00601. The summed E-state index contributed by atoms with van der Waals surface area (Å²) in [6.45, 7) is 2.22. The van der Waals surface area contributed by atoms with Crippen molar-refractivity contribution < 1.29 is 13.5 Å². The number of sulfonamides is 1. The molecule has 0 spiro atoms. The van der Waals surface area contributed by atoms with Gasteiger partial charge in [0.25, 0.3) is 10.0 Å². The summed E-state index contributed by atoms with van der Waals surface area (Å²) in [5.74, 6) is 0.120. The molecule has 0 aliphatic carbocycles. The number of nitrogens with zero attached hydrogens (tertiary/aromatic N) is 2. The maximum atomic E-state index is 13.2. The zero-order valence-corrected chi connectivity index (χ0v) is 16.0. The summed E-state index contributed by atoms with van der Waals surface area (Å²) < 4.78 is 29.1. The van der Waals surface area contributed by atoms with Crippen LogP contribution in [0.25, 0.3) is 0 Å². The molecular weight excluding hydrogens is 374 g/mol. The van der Waals surface area contributed by atoms with Crippen molar-refractivity contribution in [2.45, 2.75) is 19.5 Å². The molecule has 2 N–H and O–H groups in total. The topological polar surface area (TPSA) is 91.7 Å². The van der Waals surface area contributed by atoms with E-state index in [2.05, 4.69) is 14.7 Å². The number of hydrogen-bond acceptors (Lipinski definition) is 5. The van der Waals surface area contributed by atoms with Gasteiger partial charge in [-0.05, 0) is 42.3 Å². The fourth-order valence-electron chi connectivity index (χ4n) is 3.19. The summed E-state index contributed by atoms with van der Waals surface area (Å²) in [6.07, 6.45) is 1.63. The quantitative estimate of drug-likeness (QED) is 0.713. The minimum atomic E-state index is -3.89. The van der Waals surface area contributed by atoms with Crippen molar-refractivity contribution in [3.63, 3.8) is 0 Å². The van der Waals surface area contributed by atoms with Crippen molar-refractivity contribution in [2.75, 3.05) is 0 Å². The Morgan fingerprint density at radius 3 is 2.32 bits per heavy atom. The van der Waals surface area contributed by atoms with Crippen LogP contribution in [0.4, 0.5) is 0 Å². The van der Waals surface area contributed by atoms with Crippen LogP contribution in [-0.4, -0.2) is 23.6 Å². The van der Waals surface area contributed by atoms with Crippen LogP contribution in [0.5, 0.6) is 5.75 Å². The summed E-state index contributed by atoms with van der Waals surface area (Å²) in [7, 11) is -3.89. The molecule has 2 aromatic carbocycles. The van der Waals surface area contributed by atoms with Crippen LogP contribution in [0.3, 0.4) is 0 Å². The lowest BCUT2D eigenvalue weighted by molar-refractivity contribution is 0.475. The van der Waals surface area contributed by atoms with Crippen LogP contribution in [0.15, 0.2) is 71.9 Å². The van der Waals surface area contributed by atoms with Crippen molar-refractivity contribution >= 4 is 15.1 Å². The number of hydrogen-bond donors (Lipinski definition) is 2. The van der Waals surface area contributed by atoms with E-state index in [1.807, 2.05) is 31.2 Å². The van der Waals surface area contributed by atoms with Gasteiger partial charge in [-0.1, -0.05) is 42.0 Å². The maximum absolute atomic E-state index is 13.2. The van der Waals surface area contributed by atoms with Crippen molar-refractivity contribution in [2.24, 2.45) is 4.99 Å². The molecule has 4 rings (SSSR count). The van der Waals surface area contributed by atoms with Gasteiger partial charge in [0.05, 0.1) is 18.3 Å². The average molecular weight is 393 g/mol. The van der Waals surface area contributed by atoms with E-state index in [1.165, 1.54) is 12.1 Å². The van der Waals surface area contributed by atoms with E-state index in [0.717, 1.165) is 16.7 Å². The highest BCUT2D eigenvalue weighted by Crippen LogP contribution is 2.27. The van der Waals surface area contributed by atoms with E-state index in [4.69, 9.17) is 0 Å². The Bertz CT molecular complexity index is 1090. The zero-order valence-electron chi connectivity index (χ0n) is 15.2. The van der Waals surface area contributed by atoms with Gasteiger partial charge < -0.3 is 5.11 Å². The number of aliphatic imine (C=N–C) groups is 1. The highest BCUT2D eigenvalue weighted by molar-refractivity contribution is 8.05. The first kappa shape index (κ1) is 18.3. The minimum Gasteiger partial charge on any atom is -0.508 e. The summed E-state index contributed by atoms with van der Waals surface area (Å²) in [6, 6.07) is 16.9. The van der Waals surface area contributed by atoms with E-state index >= 15 is 0 Å². The van der Waals surface area contributed by atoms with Gasteiger partial charge in [0.2, 0.25) is 0 Å². The molecule has 142 valence electrons. The van der Waals surface area contributed by atoms with Crippen LogP contribution in [-0.2, 0) is 16.6 Å². The number of phenolic OH excluding ortho intramolecular Hbond substituents is 1. The number of pyridine rings is 1. The van der Waals surface area contributed by atoms with E-state index in [1.54, 1.807) is 30.5 Å². The molecule has 0 saturated heterocycles. The summed E-state index contributed by atoms with van der Waals surface area (Å²) in [4.78, 5) is 8.41. The zero-order chi connectivity index (χ0) is 19.7. The number of aryl methyl sites for hydroxylation is 1. The van der Waals surface area contributed by atoms with Crippen LogP contribution in [0.1, 0.15) is 34.0 Å². The third kappa shape index (κ3) is 3.54. The highest BCUT2D eigenvalue weighted by Gasteiger charge is 2.31. The lowest BCUT2D eigenvalue weighted by Gasteiger charge is -2.20. The molecule has 3 aromatic rings. The molecule has 1 unspecified atom stereocenters. The Balaban J connectivity index is 1.73. The predicted octanol–water partition coefficient (Wildman–Crippen LogP) is 3.06. The second kappa shape index (κ2) is 7.18. The van der Waals surface area contributed by atoms with Gasteiger partial charge in [-0.15, -0.1) is 0 Å². The molecule has 1 aliphatic rings. The molecular formula is C21H19N3O3S. The van der Waals surface area contributed by atoms with E-state index in [0.29, 0.717) is 11.3 Å². The van der Waals surface area contributed by atoms with Gasteiger partial charge in [0.15, 0.2) is 5.04 Å². The Morgan fingerprint density at radius 2 is 1.64 bits per heavy atom. The molecule has 7 heteroatoms. The standard InChI is InChI=1S/C21H19N3O3S/c1-14-4-6-15(7-5-14)20(16-8-10-17(25)11-9-16)24-28(26,27)21-18-3-2-12-22-19(18)13-23-21/h2-12,20,24-25H,13H2,1H3. The molecule has 0 amide bonds. The summed E-state index contributed by atoms with van der Waals surface area (Å²) in [5.41, 5.74) is 3.78. The molecule has 28 heavy (non-hydrogen) atoms. The molecule has 1 atom stereocenters. The number of fused-ring (bicyclic) bond motifs is 1. The summed E-state index contributed by atoms with van der Waals surface area (Å²) in [5, 5.41) is 9.60. The number of nitrogens with one attached hydrogen (secondary N) is 1.